The maximum Gasteiger partial charge on any atom is 0.317 e. The molecule has 0 aromatic heterocycles. The predicted molar refractivity (Wildman–Crippen MR) is 67.4 cm³/mol. The Bertz CT molecular complexity index is 343. The van der Waals surface area contributed by atoms with E-state index in [2.05, 4.69) is 5.32 Å². The normalized spacial score (nSPS) is 31.1. The van der Waals surface area contributed by atoms with Crippen LogP contribution in [0.5, 0.6) is 0 Å². The van der Waals surface area contributed by atoms with Crippen molar-refractivity contribution in [2.45, 2.75) is 44.3 Å². The van der Waals surface area contributed by atoms with Crippen LogP contribution in [0.15, 0.2) is 0 Å². The van der Waals surface area contributed by atoms with Gasteiger partial charge >= 0.3 is 12.0 Å². The Morgan fingerprint density at radius 2 is 1.89 bits per heavy atom. The fraction of sp³-hybridized carbons (Fsp3) is 0.846. The summed E-state index contributed by atoms with van der Waals surface area (Å²) in [5, 5.41) is 2.93. The second-order valence-corrected chi connectivity index (χ2v) is 5.35. The smallest absolute Gasteiger partial charge is 0.317 e. The average Bonchev–Trinajstić information content (AvgIpc) is 2.85. The van der Waals surface area contributed by atoms with E-state index >= 15 is 0 Å². The van der Waals surface area contributed by atoms with Gasteiger partial charge in [0.2, 0.25) is 0 Å². The summed E-state index contributed by atoms with van der Waals surface area (Å²) in [5.74, 6) is -0.204. The molecule has 2 fully saturated rings. The second kappa shape index (κ2) is 6.21. The van der Waals surface area contributed by atoms with E-state index in [-0.39, 0.29) is 30.5 Å². The highest BCUT2D eigenvalue weighted by Gasteiger charge is 2.30. The van der Waals surface area contributed by atoms with Crippen LogP contribution < -0.4 is 5.32 Å². The average molecular weight is 272 g/mol. The van der Waals surface area contributed by atoms with Crippen molar-refractivity contribution >= 4 is 12.0 Å². The van der Waals surface area contributed by atoms with E-state index in [4.69, 9.17) is 4.74 Å². The minimum absolute atomic E-state index is 0.0415. The number of carbonyl (C=O) groups excluding carboxylic acids is 2. The van der Waals surface area contributed by atoms with Crippen LogP contribution >= 0.6 is 0 Å². The molecule has 0 unspecified atom stereocenters. The van der Waals surface area contributed by atoms with Gasteiger partial charge in [-0.2, -0.15) is 0 Å². The Hall–Kier alpha value is -1.33. The summed E-state index contributed by atoms with van der Waals surface area (Å²) in [7, 11) is 1.40. The Morgan fingerprint density at radius 1 is 1.21 bits per heavy atom. The highest BCUT2D eigenvalue weighted by molar-refractivity contribution is 5.75. The molecule has 5 nitrogen and oxygen atoms in total. The molecule has 0 spiro atoms. The van der Waals surface area contributed by atoms with Gasteiger partial charge in [-0.15, -0.1) is 0 Å². The lowest BCUT2D eigenvalue weighted by atomic mass is 9.86. The van der Waals surface area contributed by atoms with E-state index < -0.39 is 6.17 Å². The second-order valence-electron chi connectivity index (χ2n) is 5.35. The van der Waals surface area contributed by atoms with E-state index in [0.29, 0.717) is 13.0 Å². The number of hydrogen-bond donors (Lipinski definition) is 1. The number of rotatable bonds is 2. The molecule has 19 heavy (non-hydrogen) atoms. The molecule has 108 valence electrons. The van der Waals surface area contributed by atoms with Crippen molar-refractivity contribution in [1.82, 2.24) is 10.2 Å². The standard InChI is InChI=1S/C13H21FN2O3/c1-19-12(17)9-2-4-11(5-3-9)15-13(18)16-7-6-10(14)8-16/h9-11H,2-8H2,1H3,(H,15,18)/t9?,10-,11?/m0/s1. The summed E-state index contributed by atoms with van der Waals surface area (Å²) < 4.78 is 17.7. The molecule has 0 bridgehead atoms. The van der Waals surface area contributed by atoms with E-state index in [0.717, 1.165) is 25.7 Å². The molecule has 1 aliphatic heterocycles. The highest BCUT2D eigenvalue weighted by atomic mass is 19.1. The number of amides is 2. The third-order valence-electron chi connectivity index (χ3n) is 4.01. The number of nitrogens with zero attached hydrogens (tertiary/aromatic N) is 1. The van der Waals surface area contributed by atoms with Crippen LogP contribution in [-0.2, 0) is 9.53 Å². The summed E-state index contributed by atoms with van der Waals surface area (Å²) in [6.07, 6.45) is 2.58. The Balaban J connectivity index is 1.73. The van der Waals surface area contributed by atoms with Crippen molar-refractivity contribution in [3.8, 4) is 0 Å². The van der Waals surface area contributed by atoms with Gasteiger partial charge in [-0.1, -0.05) is 0 Å². The molecule has 1 saturated carbocycles. The van der Waals surface area contributed by atoms with Gasteiger partial charge in [-0.05, 0) is 32.1 Å². The minimum atomic E-state index is -0.888. The van der Waals surface area contributed by atoms with Crippen molar-refractivity contribution in [2.75, 3.05) is 20.2 Å². The van der Waals surface area contributed by atoms with Crippen molar-refractivity contribution in [3.05, 3.63) is 0 Å². The Morgan fingerprint density at radius 3 is 2.42 bits per heavy atom. The SMILES string of the molecule is COC(=O)C1CCC(NC(=O)N2CC[C@H](F)C2)CC1. The van der Waals surface area contributed by atoms with Crippen molar-refractivity contribution < 1.29 is 18.7 Å². The fourth-order valence-electron chi connectivity index (χ4n) is 2.81. The van der Waals surface area contributed by atoms with Crippen LogP contribution in [0.4, 0.5) is 9.18 Å². The number of nitrogens with one attached hydrogen (secondary N) is 1. The van der Waals surface area contributed by atoms with Crippen LogP contribution in [0.2, 0.25) is 0 Å². The summed E-state index contributed by atoms with van der Waals surface area (Å²) in [5.41, 5.74) is 0. The molecule has 1 atom stereocenters. The van der Waals surface area contributed by atoms with E-state index in [1.165, 1.54) is 12.0 Å². The summed E-state index contributed by atoms with van der Waals surface area (Å²) in [6.45, 7) is 0.688. The van der Waals surface area contributed by atoms with Crippen LogP contribution in [0.3, 0.4) is 0 Å². The topological polar surface area (TPSA) is 58.6 Å². The molecule has 2 aliphatic rings. The van der Waals surface area contributed by atoms with E-state index in [1.54, 1.807) is 0 Å². The van der Waals surface area contributed by atoms with Gasteiger partial charge in [0.05, 0.1) is 19.6 Å². The lowest BCUT2D eigenvalue weighted by molar-refractivity contribution is -0.146. The zero-order valence-electron chi connectivity index (χ0n) is 11.2. The number of esters is 1. The molecule has 0 radical (unpaired) electrons. The number of methoxy groups -OCH3 is 1. The molecule has 1 N–H and O–H groups in total. The first-order chi connectivity index (χ1) is 9.10. The molecule has 1 saturated heterocycles. The number of urea groups is 1. The lowest BCUT2D eigenvalue weighted by Crippen LogP contribution is -2.45. The quantitative estimate of drug-likeness (QED) is 0.774. The molecule has 0 aromatic rings. The zero-order valence-corrected chi connectivity index (χ0v) is 11.2. The van der Waals surface area contributed by atoms with Gasteiger partial charge in [0, 0.05) is 12.6 Å². The maximum absolute atomic E-state index is 13.0. The molecule has 6 heteroatoms. The summed E-state index contributed by atoms with van der Waals surface area (Å²) >= 11 is 0. The van der Waals surface area contributed by atoms with Gasteiger partial charge in [0.1, 0.15) is 6.17 Å². The molecule has 1 heterocycles. The van der Waals surface area contributed by atoms with Gasteiger partial charge < -0.3 is 15.0 Å². The molecular weight excluding hydrogens is 251 g/mol. The largest absolute Gasteiger partial charge is 0.469 e. The third kappa shape index (κ3) is 3.58. The van der Waals surface area contributed by atoms with Gasteiger partial charge in [-0.25, -0.2) is 9.18 Å². The van der Waals surface area contributed by atoms with Crippen molar-refractivity contribution in [1.29, 1.82) is 0 Å². The summed E-state index contributed by atoms with van der Waals surface area (Å²) in [6, 6.07) is -0.0891. The first-order valence-electron chi connectivity index (χ1n) is 6.87. The molecule has 1 aliphatic carbocycles. The van der Waals surface area contributed by atoms with Gasteiger partial charge in [0.25, 0.3) is 0 Å². The zero-order chi connectivity index (χ0) is 13.8. The number of ether oxygens (including phenoxy) is 1. The summed E-state index contributed by atoms with van der Waals surface area (Å²) in [4.78, 5) is 24.8. The third-order valence-corrected chi connectivity index (χ3v) is 4.01. The number of hydrogen-bond acceptors (Lipinski definition) is 3. The minimum Gasteiger partial charge on any atom is -0.469 e. The molecule has 0 aromatic carbocycles. The monoisotopic (exact) mass is 272 g/mol. The van der Waals surface area contributed by atoms with Crippen LogP contribution in [0.25, 0.3) is 0 Å². The number of likely N-dealkylation sites (tertiary alicyclic amines) is 1. The van der Waals surface area contributed by atoms with Crippen LogP contribution in [0, 0.1) is 5.92 Å². The molecule has 2 rings (SSSR count). The number of halogens is 1. The first kappa shape index (κ1) is 14.1. The Labute approximate surface area is 112 Å². The first-order valence-corrected chi connectivity index (χ1v) is 6.87. The maximum atomic E-state index is 13.0. The van der Waals surface area contributed by atoms with Crippen molar-refractivity contribution in [2.24, 2.45) is 5.92 Å². The lowest BCUT2D eigenvalue weighted by Gasteiger charge is -2.29. The molecule has 2 amide bonds. The van der Waals surface area contributed by atoms with Crippen LogP contribution in [0.1, 0.15) is 32.1 Å². The number of alkyl halides is 1. The molecular formula is C13H21FN2O3. The van der Waals surface area contributed by atoms with Crippen molar-refractivity contribution in [3.63, 3.8) is 0 Å². The highest BCUT2D eigenvalue weighted by Crippen LogP contribution is 2.25. The Kier molecular flexibility index (Phi) is 4.61. The van der Waals surface area contributed by atoms with E-state index in [1.807, 2.05) is 0 Å². The van der Waals surface area contributed by atoms with Gasteiger partial charge in [-0.3, -0.25) is 4.79 Å². The van der Waals surface area contributed by atoms with Gasteiger partial charge in [0.15, 0.2) is 0 Å². The number of carbonyl (C=O) groups is 2. The van der Waals surface area contributed by atoms with Crippen LogP contribution in [-0.4, -0.2) is 49.3 Å². The van der Waals surface area contributed by atoms with E-state index in [9.17, 15) is 14.0 Å². The fourth-order valence-corrected chi connectivity index (χ4v) is 2.81. The predicted octanol–water partition coefficient (Wildman–Crippen LogP) is 1.47.